The van der Waals surface area contributed by atoms with Gasteiger partial charge in [-0.05, 0) is 6.07 Å². The normalized spacial score (nSPS) is 9.71. The third-order valence-corrected chi connectivity index (χ3v) is 1.75. The van der Waals surface area contributed by atoms with Gasteiger partial charge in [0.2, 0.25) is 0 Å². The van der Waals surface area contributed by atoms with Crippen LogP contribution in [0.3, 0.4) is 0 Å². The largest absolute Gasteiger partial charge is 0.504 e. The molecule has 0 aliphatic rings. The first-order valence-corrected chi connectivity index (χ1v) is 3.58. The molecule has 0 bridgehead atoms. The van der Waals surface area contributed by atoms with E-state index in [0.717, 1.165) is 0 Å². The number of hydrogen-bond acceptors (Lipinski definition) is 4. The minimum atomic E-state index is -0.441. The van der Waals surface area contributed by atoms with Crippen LogP contribution in [-0.2, 0) is 0 Å². The number of hydrogen-bond donors (Lipinski definition) is 3. The Balaban J connectivity index is 0.000000980. The van der Waals surface area contributed by atoms with Crippen LogP contribution in [0, 0.1) is 0 Å². The maximum absolute atomic E-state index is 11.1. The van der Waals surface area contributed by atoms with E-state index in [1.165, 1.54) is 18.5 Å². The molecule has 14 heavy (non-hydrogen) atoms. The van der Waals surface area contributed by atoms with Crippen molar-refractivity contribution in [3.8, 4) is 11.5 Å². The fraction of sp³-hybridized carbons (Fsp3) is 0. The van der Waals surface area contributed by atoms with E-state index in [1.807, 2.05) is 0 Å². The molecule has 74 valence electrons. The number of aromatic amines is 1. The van der Waals surface area contributed by atoms with Crippen LogP contribution in [0.25, 0.3) is 10.9 Å². The van der Waals surface area contributed by atoms with Crippen molar-refractivity contribution in [2.45, 2.75) is 0 Å². The lowest BCUT2D eigenvalue weighted by Crippen LogP contribution is -2.05. The van der Waals surface area contributed by atoms with Gasteiger partial charge in [0.1, 0.15) is 0 Å². The summed E-state index contributed by atoms with van der Waals surface area (Å²) in [5.41, 5.74) is -0.000602. The molecular weight excluding hydrogens is 252 g/mol. The molecule has 1 aromatic heterocycles. The number of rotatable bonds is 0. The summed E-state index contributed by atoms with van der Waals surface area (Å²) >= 11 is 0. The Hall–Kier alpha value is -1.56. The minimum absolute atomic E-state index is 0. The van der Waals surface area contributed by atoms with E-state index in [-0.39, 0.29) is 33.9 Å². The highest BCUT2D eigenvalue weighted by atomic mass is 79.9. The van der Waals surface area contributed by atoms with Crippen LogP contribution in [0.1, 0.15) is 0 Å². The van der Waals surface area contributed by atoms with E-state index in [9.17, 15) is 4.79 Å². The summed E-state index contributed by atoms with van der Waals surface area (Å²) in [5.74, 6) is -0.597. The Morgan fingerprint density at radius 2 is 1.86 bits per heavy atom. The van der Waals surface area contributed by atoms with Gasteiger partial charge in [0.15, 0.2) is 11.5 Å². The van der Waals surface area contributed by atoms with Gasteiger partial charge in [-0.2, -0.15) is 4.98 Å². The second-order valence-corrected chi connectivity index (χ2v) is 2.59. The number of nitrogens with one attached hydrogen (secondary N) is 1. The smallest absolute Gasteiger partial charge is 0.280 e. The predicted molar refractivity (Wildman–Crippen MR) is 56.0 cm³/mol. The molecule has 0 aliphatic heterocycles. The molecule has 0 saturated heterocycles. The van der Waals surface area contributed by atoms with Gasteiger partial charge in [0.25, 0.3) is 5.56 Å². The predicted octanol–water partition coefficient (Wildman–Crippen LogP) is 0.912. The molecule has 1 aromatic carbocycles. The third-order valence-electron chi connectivity index (χ3n) is 1.75. The van der Waals surface area contributed by atoms with Gasteiger partial charge in [0, 0.05) is 6.07 Å². The third kappa shape index (κ3) is 1.56. The second-order valence-electron chi connectivity index (χ2n) is 2.59. The van der Waals surface area contributed by atoms with Gasteiger partial charge in [0.05, 0.1) is 17.2 Å². The van der Waals surface area contributed by atoms with Crippen molar-refractivity contribution in [2.75, 3.05) is 0 Å². The van der Waals surface area contributed by atoms with Gasteiger partial charge in [-0.25, -0.2) is 0 Å². The van der Waals surface area contributed by atoms with Gasteiger partial charge in [-0.1, -0.05) is 0 Å². The number of phenolic OH excluding ortho intramolecular Hbond substituents is 2. The molecule has 0 amide bonds. The fourth-order valence-electron chi connectivity index (χ4n) is 1.10. The van der Waals surface area contributed by atoms with Crippen molar-refractivity contribution < 1.29 is 10.2 Å². The number of benzene rings is 1. The van der Waals surface area contributed by atoms with Gasteiger partial charge < -0.3 is 15.2 Å². The van der Waals surface area contributed by atoms with E-state index < -0.39 is 5.56 Å². The Morgan fingerprint density at radius 1 is 1.21 bits per heavy atom. The summed E-state index contributed by atoms with van der Waals surface area (Å²) in [6.45, 7) is 0. The lowest BCUT2D eigenvalue weighted by molar-refractivity contribution is 0.404. The molecule has 3 N–H and O–H groups in total. The highest BCUT2D eigenvalue weighted by Gasteiger charge is 2.04. The molecule has 0 spiro atoms. The average molecular weight is 259 g/mol. The molecule has 0 aliphatic carbocycles. The monoisotopic (exact) mass is 258 g/mol. The molecule has 0 fully saturated rings. The molecule has 2 aromatic rings. The van der Waals surface area contributed by atoms with E-state index in [2.05, 4.69) is 9.97 Å². The average Bonchev–Trinajstić information content (AvgIpc) is 2.09. The Labute approximate surface area is 88.8 Å². The van der Waals surface area contributed by atoms with Crippen molar-refractivity contribution in [3.63, 3.8) is 0 Å². The number of H-pyrrole nitrogens is 1. The SMILES string of the molecule is Br.O=c1nc[nH]c2cc(O)c(O)cc12. The molecule has 0 atom stereocenters. The summed E-state index contributed by atoms with van der Waals surface area (Å²) in [7, 11) is 0. The first-order chi connectivity index (χ1) is 6.18. The van der Waals surface area contributed by atoms with E-state index in [4.69, 9.17) is 10.2 Å². The summed E-state index contributed by atoms with van der Waals surface area (Å²) in [6, 6.07) is 2.45. The van der Waals surface area contributed by atoms with E-state index >= 15 is 0 Å². The maximum Gasteiger partial charge on any atom is 0.280 e. The quantitative estimate of drug-likeness (QED) is 0.614. The van der Waals surface area contributed by atoms with Gasteiger partial charge >= 0.3 is 0 Å². The zero-order valence-corrected chi connectivity index (χ0v) is 8.60. The molecule has 0 unspecified atom stereocenters. The van der Waals surface area contributed by atoms with E-state index in [1.54, 1.807) is 0 Å². The maximum atomic E-state index is 11.1. The number of fused-ring (bicyclic) bond motifs is 1. The fourth-order valence-corrected chi connectivity index (χ4v) is 1.10. The molecule has 1 heterocycles. The Kier molecular flexibility index (Phi) is 2.76. The summed E-state index contributed by atoms with van der Waals surface area (Å²) < 4.78 is 0. The minimum Gasteiger partial charge on any atom is -0.504 e. The standard InChI is InChI=1S/C8H6N2O3.BrH/c11-6-1-4-5(2-7(6)12)9-3-10-8(4)13;/h1-3,11-12H,(H,9,10,13);1H. The Morgan fingerprint density at radius 3 is 2.57 bits per heavy atom. The Bertz CT molecular complexity index is 523. The summed E-state index contributed by atoms with van der Waals surface area (Å²) in [6.07, 6.45) is 1.24. The van der Waals surface area contributed by atoms with Gasteiger partial charge in [-0.15, -0.1) is 17.0 Å². The zero-order chi connectivity index (χ0) is 9.42. The number of nitrogens with zero attached hydrogens (tertiary/aromatic N) is 1. The summed E-state index contributed by atoms with van der Waals surface area (Å²) in [5, 5.41) is 18.5. The number of aromatic hydroxyl groups is 2. The lowest BCUT2D eigenvalue weighted by atomic mass is 10.2. The molecule has 2 rings (SSSR count). The lowest BCUT2D eigenvalue weighted by Gasteiger charge is -1.99. The van der Waals surface area contributed by atoms with Crippen LogP contribution in [0.2, 0.25) is 0 Å². The number of halogens is 1. The molecule has 0 radical (unpaired) electrons. The van der Waals surface area contributed by atoms with E-state index in [0.29, 0.717) is 5.52 Å². The van der Waals surface area contributed by atoms with Crippen molar-refractivity contribution in [3.05, 3.63) is 28.8 Å². The molecule has 0 saturated carbocycles. The van der Waals surface area contributed by atoms with Crippen molar-refractivity contribution in [1.29, 1.82) is 0 Å². The summed E-state index contributed by atoms with van der Waals surface area (Å²) in [4.78, 5) is 17.3. The second kappa shape index (κ2) is 3.67. The molecule has 6 heteroatoms. The molecular formula is C8H7BrN2O3. The zero-order valence-electron chi connectivity index (χ0n) is 6.89. The molecule has 5 nitrogen and oxygen atoms in total. The number of aromatic nitrogens is 2. The van der Waals surface area contributed by atoms with Crippen LogP contribution in [0.15, 0.2) is 23.3 Å². The van der Waals surface area contributed by atoms with Crippen molar-refractivity contribution >= 4 is 27.9 Å². The van der Waals surface area contributed by atoms with Crippen LogP contribution >= 0.6 is 17.0 Å². The first-order valence-electron chi connectivity index (χ1n) is 3.58. The van der Waals surface area contributed by atoms with Crippen molar-refractivity contribution in [1.82, 2.24) is 9.97 Å². The van der Waals surface area contributed by atoms with Crippen LogP contribution in [-0.4, -0.2) is 20.2 Å². The number of phenols is 2. The first kappa shape index (κ1) is 10.5. The van der Waals surface area contributed by atoms with Crippen LogP contribution < -0.4 is 5.56 Å². The van der Waals surface area contributed by atoms with Crippen molar-refractivity contribution in [2.24, 2.45) is 0 Å². The topological polar surface area (TPSA) is 86.2 Å². The highest BCUT2D eigenvalue weighted by Crippen LogP contribution is 2.26. The van der Waals surface area contributed by atoms with Gasteiger partial charge in [-0.3, -0.25) is 4.79 Å². The highest BCUT2D eigenvalue weighted by molar-refractivity contribution is 8.93. The van der Waals surface area contributed by atoms with Crippen LogP contribution in [0.5, 0.6) is 11.5 Å². The van der Waals surface area contributed by atoms with Crippen LogP contribution in [0.4, 0.5) is 0 Å².